The van der Waals surface area contributed by atoms with Crippen molar-refractivity contribution in [3.8, 4) is 0 Å². The lowest BCUT2D eigenvalue weighted by atomic mass is 9.97. The summed E-state index contributed by atoms with van der Waals surface area (Å²) in [4.78, 5) is 61.7. The molecule has 0 aliphatic heterocycles. The van der Waals surface area contributed by atoms with E-state index in [1.165, 1.54) is 14.7 Å². The number of carboxylic acid groups (broad SMARTS) is 5. The molecule has 0 saturated heterocycles. The van der Waals surface area contributed by atoms with Crippen LogP contribution in [0.2, 0.25) is 0 Å². The van der Waals surface area contributed by atoms with Gasteiger partial charge < -0.3 is 25.5 Å². The van der Waals surface area contributed by atoms with Gasteiger partial charge in [0.25, 0.3) is 0 Å². The summed E-state index contributed by atoms with van der Waals surface area (Å²) in [5.41, 5.74) is 0. The summed E-state index contributed by atoms with van der Waals surface area (Å²) >= 11 is 0. The van der Waals surface area contributed by atoms with Gasteiger partial charge in [-0.2, -0.15) is 0 Å². The molecular formula is C23H43N3O10. The van der Waals surface area contributed by atoms with Crippen LogP contribution in [0.3, 0.4) is 0 Å². The molecule has 0 aromatic rings. The zero-order valence-corrected chi connectivity index (χ0v) is 20.8. The summed E-state index contributed by atoms with van der Waals surface area (Å²) in [7, 11) is 0. The minimum atomic E-state index is -1.23. The highest BCUT2D eigenvalue weighted by molar-refractivity contribution is 5.76. The van der Waals surface area contributed by atoms with Gasteiger partial charge >= 0.3 is 29.8 Å². The normalized spacial score (nSPS) is 14.6. The van der Waals surface area contributed by atoms with Crippen LogP contribution in [0.1, 0.15) is 48.0 Å². The molecule has 0 spiro atoms. The second-order valence-corrected chi connectivity index (χ2v) is 8.74. The van der Waals surface area contributed by atoms with Crippen LogP contribution in [0.4, 0.5) is 0 Å². The molecule has 0 aliphatic rings. The van der Waals surface area contributed by atoms with Crippen molar-refractivity contribution in [3.63, 3.8) is 0 Å². The van der Waals surface area contributed by atoms with Gasteiger partial charge in [-0.15, -0.1) is 0 Å². The minimum Gasteiger partial charge on any atom is -0.480 e. The number of nitrogens with zero attached hydrogens (tertiary/aromatic N) is 3. The topological polar surface area (TPSA) is 196 Å². The molecule has 0 aromatic heterocycles. The van der Waals surface area contributed by atoms with Crippen LogP contribution in [0, 0.1) is 11.8 Å². The van der Waals surface area contributed by atoms with Crippen molar-refractivity contribution < 1.29 is 49.5 Å². The Bertz CT molecular complexity index is 681. The van der Waals surface area contributed by atoms with Crippen LogP contribution in [0.25, 0.3) is 0 Å². The minimum absolute atomic E-state index is 0. The lowest BCUT2D eigenvalue weighted by molar-refractivity contribution is -0.150. The SMILES string of the molecule is C.CC[C@H](C)[C@@H](C(=O)O)N(CCN(CCN(CC(=O)O)[C@H](C(=O)O)[C@@H](C)CC)CC(=O)O)CC(=O)O. The molecule has 0 heterocycles. The molecule has 0 fully saturated rings. The van der Waals surface area contributed by atoms with E-state index in [-0.39, 0.29) is 45.4 Å². The van der Waals surface area contributed by atoms with Gasteiger partial charge in [-0.25, -0.2) is 0 Å². The van der Waals surface area contributed by atoms with Crippen molar-refractivity contribution in [1.82, 2.24) is 14.7 Å². The van der Waals surface area contributed by atoms with Crippen LogP contribution in [-0.4, -0.2) is 128 Å². The van der Waals surface area contributed by atoms with E-state index in [0.29, 0.717) is 12.8 Å². The molecule has 0 amide bonds. The van der Waals surface area contributed by atoms with E-state index in [1.807, 2.05) is 0 Å². The standard InChI is InChI=1S/C22H39N3O10.CH4/c1-5-14(3)19(21(32)33)24(12-17(28)29)9-7-23(11-16(26)27)8-10-25(13-18(30)31)20(22(34)35)15(4)6-2;/h14-15,19-20H,5-13H2,1-4H3,(H,26,27)(H,28,29)(H,30,31)(H,32,33)(H,34,35);1H4/t14-,15-,19-,20-;/m0./s1. The monoisotopic (exact) mass is 521 g/mol. The first-order valence-electron chi connectivity index (χ1n) is 11.6. The molecule has 0 aliphatic carbocycles. The van der Waals surface area contributed by atoms with Gasteiger partial charge in [0.1, 0.15) is 12.1 Å². The molecule has 4 atom stereocenters. The van der Waals surface area contributed by atoms with Crippen molar-refractivity contribution in [2.75, 3.05) is 45.8 Å². The molecule has 0 unspecified atom stereocenters. The van der Waals surface area contributed by atoms with Gasteiger partial charge in [0.05, 0.1) is 19.6 Å². The number of hydrogen-bond donors (Lipinski definition) is 5. The first-order valence-corrected chi connectivity index (χ1v) is 11.6. The van der Waals surface area contributed by atoms with Gasteiger partial charge in [-0.1, -0.05) is 48.0 Å². The van der Waals surface area contributed by atoms with E-state index in [1.54, 1.807) is 27.7 Å². The smallest absolute Gasteiger partial charge is 0.321 e. The van der Waals surface area contributed by atoms with Gasteiger partial charge in [0, 0.05) is 26.2 Å². The summed E-state index contributed by atoms with van der Waals surface area (Å²) in [5, 5.41) is 47.2. The summed E-state index contributed by atoms with van der Waals surface area (Å²) in [6.45, 7) is 5.22. The van der Waals surface area contributed by atoms with Crippen LogP contribution in [0.5, 0.6) is 0 Å². The Labute approximate surface area is 212 Å². The van der Waals surface area contributed by atoms with Crippen LogP contribution < -0.4 is 0 Å². The largest absolute Gasteiger partial charge is 0.480 e. The zero-order chi connectivity index (χ0) is 27.3. The van der Waals surface area contributed by atoms with Crippen molar-refractivity contribution in [3.05, 3.63) is 0 Å². The van der Waals surface area contributed by atoms with Gasteiger partial charge in [-0.3, -0.25) is 38.7 Å². The molecular weight excluding hydrogens is 478 g/mol. The summed E-state index contributed by atoms with van der Waals surface area (Å²) in [6.07, 6.45) is 0.977. The molecule has 210 valence electrons. The maximum absolute atomic E-state index is 11.8. The fourth-order valence-electron chi connectivity index (χ4n) is 3.95. The van der Waals surface area contributed by atoms with Crippen molar-refractivity contribution >= 4 is 29.8 Å². The van der Waals surface area contributed by atoms with Crippen molar-refractivity contribution in [1.29, 1.82) is 0 Å². The summed E-state index contributed by atoms with van der Waals surface area (Å²) in [6, 6.07) is -2.18. The highest BCUT2D eigenvalue weighted by atomic mass is 16.4. The Morgan fingerprint density at radius 3 is 1.11 bits per heavy atom. The van der Waals surface area contributed by atoms with E-state index in [0.717, 1.165) is 0 Å². The predicted octanol–water partition coefficient (Wildman–Crippen LogP) is 0.781. The third-order valence-corrected chi connectivity index (χ3v) is 6.10. The first kappa shape index (κ1) is 35.4. The number of aliphatic carboxylic acids is 5. The van der Waals surface area contributed by atoms with E-state index in [4.69, 9.17) is 0 Å². The fourth-order valence-corrected chi connectivity index (χ4v) is 3.95. The van der Waals surface area contributed by atoms with Gasteiger partial charge in [0.15, 0.2) is 0 Å². The zero-order valence-electron chi connectivity index (χ0n) is 20.8. The molecule has 0 radical (unpaired) electrons. The second kappa shape index (κ2) is 17.6. The van der Waals surface area contributed by atoms with Crippen molar-refractivity contribution in [2.45, 2.75) is 60.0 Å². The summed E-state index contributed by atoms with van der Waals surface area (Å²) in [5.74, 6) is -6.74. The molecule has 13 heteroatoms. The molecule has 0 bridgehead atoms. The van der Waals surface area contributed by atoms with E-state index in [9.17, 15) is 49.5 Å². The lowest BCUT2D eigenvalue weighted by Crippen LogP contribution is -2.52. The number of hydrogen-bond acceptors (Lipinski definition) is 8. The average Bonchev–Trinajstić information content (AvgIpc) is 2.73. The van der Waals surface area contributed by atoms with Gasteiger partial charge in [-0.05, 0) is 11.8 Å². The average molecular weight is 522 g/mol. The number of rotatable bonds is 20. The molecule has 36 heavy (non-hydrogen) atoms. The van der Waals surface area contributed by atoms with Crippen LogP contribution >= 0.6 is 0 Å². The summed E-state index contributed by atoms with van der Waals surface area (Å²) < 4.78 is 0. The Morgan fingerprint density at radius 1 is 0.583 bits per heavy atom. The molecule has 0 aromatic carbocycles. The third kappa shape index (κ3) is 12.8. The van der Waals surface area contributed by atoms with E-state index in [2.05, 4.69) is 0 Å². The van der Waals surface area contributed by atoms with Crippen molar-refractivity contribution in [2.24, 2.45) is 11.8 Å². The van der Waals surface area contributed by atoms with Crippen LogP contribution in [-0.2, 0) is 24.0 Å². The second-order valence-electron chi connectivity index (χ2n) is 8.74. The third-order valence-electron chi connectivity index (χ3n) is 6.10. The van der Waals surface area contributed by atoms with E-state index >= 15 is 0 Å². The Hall–Kier alpha value is -2.77. The van der Waals surface area contributed by atoms with Crippen LogP contribution in [0.15, 0.2) is 0 Å². The Morgan fingerprint density at radius 2 is 0.889 bits per heavy atom. The predicted molar refractivity (Wildman–Crippen MR) is 131 cm³/mol. The van der Waals surface area contributed by atoms with Gasteiger partial charge in [0.2, 0.25) is 0 Å². The highest BCUT2D eigenvalue weighted by Gasteiger charge is 2.33. The lowest BCUT2D eigenvalue weighted by Gasteiger charge is -2.35. The first-order chi connectivity index (χ1) is 16.2. The maximum Gasteiger partial charge on any atom is 0.321 e. The molecule has 13 nitrogen and oxygen atoms in total. The van der Waals surface area contributed by atoms with E-state index < -0.39 is 61.6 Å². The fraction of sp³-hybridized carbons (Fsp3) is 0.783. The quantitative estimate of drug-likeness (QED) is 0.151. The highest BCUT2D eigenvalue weighted by Crippen LogP contribution is 2.17. The Kier molecular flexibility index (Phi) is 17.3. The molecule has 0 saturated carbocycles. The Balaban J connectivity index is 0. The maximum atomic E-state index is 11.8. The molecule has 0 rings (SSSR count). The number of carbonyl (C=O) groups is 5. The number of carboxylic acids is 5. The molecule has 5 N–H and O–H groups in total.